The van der Waals surface area contributed by atoms with E-state index < -0.39 is 0 Å². The normalized spacial score (nSPS) is 11.9. The van der Waals surface area contributed by atoms with E-state index in [4.69, 9.17) is 10.00 Å². The molecular weight excluding hydrogens is 240 g/mol. The SMILES string of the molecule is CCOCC(NC(=O)c1ccc(C#N)cc1)C(C)C. The van der Waals surface area contributed by atoms with Gasteiger partial charge in [0.25, 0.3) is 5.91 Å². The van der Waals surface area contributed by atoms with Crippen molar-refractivity contribution in [2.75, 3.05) is 13.2 Å². The third kappa shape index (κ3) is 4.72. The van der Waals surface area contributed by atoms with E-state index in [9.17, 15) is 4.79 Å². The van der Waals surface area contributed by atoms with Crippen molar-refractivity contribution >= 4 is 5.91 Å². The molecule has 1 rings (SSSR count). The molecule has 4 heteroatoms. The maximum Gasteiger partial charge on any atom is 0.251 e. The van der Waals surface area contributed by atoms with Gasteiger partial charge in [0.2, 0.25) is 0 Å². The molecule has 1 aromatic carbocycles. The molecule has 102 valence electrons. The standard InChI is InChI=1S/C15H20N2O2/c1-4-19-10-14(11(2)3)17-15(18)13-7-5-12(9-16)6-8-13/h5-8,11,14H,4,10H2,1-3H3,(H,17,18). The molecule has 0 aliphatic carbocycles. The number of hydrogen-bond acceptors (Lipinski definition) is 3. The van der Waals surface area contributed by atoms with Crippen molar-refractivity contribution < 1.29 is 9.53 Å². The topological polar surface area (TPSA) is 62.1 Å². The van der Waals surface area contributed by atoms with Gasteiger partial charge in [-0.15, -0.1) is 0 Å². The Morgan fingerprint density at radius 2 is 2.00 bits per heavy atom. The van der Waals surface area contributed by atoms with Crippen LogP contribution in [0, 0.1) is 17.2 Å². The lowest BCUT2D eigenvalue weighted by Crippen LogP contribution is -2.41. The third-order valence-electron chi connectivity index (χ3n) is 2.90. The molecular formula is C15H20N2O2. The van der Waals surface area contributed by atoms with E-state index in [0.717, 1.165) is 0 Å². The molecule has 1 amide bonds. The molecule has 0 aliphatic rings. The zero-order valence-electron chi connectivity index (χ0n) is 11.6. The number of rotatable bonds is 6. The van der Waals surface area contributed by atoms with Crippen LogP contribution in [0.1, 0.15) is 36.7 Å². The number of nitrogens with zero attached hydrogens (tertiary/aromatic N) is 1. The van der Waals surface area contributed by atoms with E-state index >= 15 is 0 Å². The Hall–Kier alpha value is -1.86. The highest BCUT2D eigenvalue weighted by Gasteiger charge is 2.17. The molecule has 1 atom stereocenters. The molecule has 0 spiro atoms. The molecule has 0 heterocycles. The fourth-order valence-electron chi connectivity index (χ4n) is 1.59. The average Bonchev–Trinajstić information content (AvgIpc) is 2.43. The van der Waals surface area contributed by atoms with Crippen molar-refractivity contribution in [2.24, 2.45) is 5.92 Å². The van der Waals surface area contributed by atoms with Crippen molar-refractivity contribution in [1.29, 1.82) is 5.26 Å². The summed E-state index contributed by atoms with van der Waals surface area (Å²) in [7, 11) is 0. The van der Waals surface area contributed by atoms with Gasteiger partial charge < -0.3 is 10.1 Å². The van der Waals surface area contributed by atoms with Gasteiger partial charge in [-0.1, -0.05) is 13.8 Å². The molecule has 0 fully saturated rings. The number of nitriles is 1. The summed E-state index contributed by atoms with van der Waals surface area (Å²) in [5.74, 6) is 0.164. The van der Waals surface area contributed by atoms with E-state index in [0.29, 0.717) is 30.3 Å². The summed E-state index contributed by atoms with van der Waals surface area (Å²) in [5.41, 5.74) is 1.10. The second-order valence-corrected chi connectivity index (χ2v) is 4.67. The summed E-state index contributed by atoms with van der Waals surface area (Å²) >= 11 is 0. The molecule has 19 heavy (non-hydrogen) atoms. The van der Waals surface area contributed by atoms with Crippen LogP contribution >= 0.6 is 0 Å². The van der Waals surface area contributed by atoms with Gasteiger partial charge in [-0.3, -0.25) is 4.79 Å². The minimum Gasteiger partial charge on any atom is -0.380 e. The Labute approximate surface area is 114 Å². The number of carbonyl (C=O) groups excluding carboxylic acids is 1. The van der Waals surface area contributed by atoms with Crippen LogP contribution < -0.4 is 5.32 Å². The second-order valence-electron chi connectivity index (χ2n) is 4.67. The zero-order valence-corrected chi connectivity index (χ0v) is 11.6. The van der Waals surface area contributed by atoms with Crippen LogP contribution in [-0.4, -0.2) is 25.2 Å². The first-order chi connectivity index (χ1) is 9.08. The van der Waals surface area contributed by atoms with Crippen LogP contribution in [0.15, 0.2) is 24.3 Å². The van der Waals surface area contributed by atoms with Crippen molar-refractivity contribution in [3.8, 4) is 6.07 Å². The van der Waals surface area contributed by atoms with Crippen molar-refractivity contribution in [3.63, 3.8) is 0 Å². The van der Waals surface area contributed by atoms with E-state index in [1.807, 2.05) is 26.8 Å². The number of carbonyl (C=O) groups is 1. The Bertz CT molecular complexity index is 446. The average molecular weight is 260 g/mol. The first-order valence-corrected chi connectivity index (χ1v) is 6.47. The molecule has 1 unspecified atom stereocenters. The lowest BCUT2D eigenvalue weighted by Gasteiger charge is -2.22. The molecule has 1 aromatic rings. The lowest BCUT2D eigenvalue weighted by atomic mass is 10.0. The van der Waals surface area contributed by atoms with Gasteiger partial charge in [0.05, 0.1) is 24.3 Å². The van der Waals surface area contributed by atoms with Crippen LogP contribution in [0.25, 0.3) is 0 Å². The Kier molecular flexibility index (Phi) is 6.04. The van der Waals surface area contributed by atoms with E-state index in [-0.39, 0.29) is 11.9 Å². The van der Waals surface area contributed by atoms with Crippen LogP contribution in [-0.2, 0) is 4.74 Å². The molecule has 0 aliphatic heterocycles. The van der Waals surface area contributed by atoms with Gasteiger partial charge in [-0.25, -0.2) is 0 Å². The molecule has 4 nitrogen and oxygen atoms in total. The van der Waals surface area contributed by atoms with Gasteiger partial charge in [-0.05, 0) is 37.1 Å². The first-order valence-electron chi connectivity index (χ1n) is 6.47. The third-order valence-corrected chi connectivity index (χ3v) is 2.90. The predicted molar refractivity (Wildman–Crippen MR) is 73.7 cm³/mol. The molecule has 0 aromatic heterocycles. The van der Waals surface area contributed by atoms with E-state index in [2.05, 4.69) is 5.32 Å². The van der Waals surface area contributed by atoms with Crippen molar-refractivity contribution in [1.82, 2.24) is 5.32 Å². The van der Waals surface area contributed by atoms with Gasteiger partial charge in [0.15, 0.2) is 0 Å². The Balaban J connectivity index is 2.67. The first kappa shape index (κ1) is 15.2. The monoisotopic (exact) mass is 260 g/mol. The Morgan fingerprint density at radius 3 is 2.47 bits per heavy atom. The molecule has 0 radical (unpaired) electrons. The molecule has 0 saturated heterocycles. The smallest absolute Gasteiger partial charge is 0.251 e. The largest absolute Gasteiger partial charge is 0.380 e. The van der Waals surface area contributed by atoms with E-state index in [1.165, 1.54) is 0 Å². The second kappa shape index (κ2) is 7.55. The van der Waals surface area contributed by atoms with Crippen molar-refractivity contribution in [3.05, 3.63) is 35.4 Å². The number of ether oxygens (including phenoxy) is 1. The highest BCUT2D eigenvalue weighted by molar-refractivity contribution is 5.94. The summed E-state index contributed by atoms with van der Waals surface area (Å²) < 4.78 is 5.37. The summed E-state index contributed by atoms with van der Waals surface area (Å²) in [6, 6.07) is 8.62. The highest BCUT2D eigenvalue weighted by Crippen LogP contribution is 2.07. The molecule has 0 saturated carbocycles. The minimum absolute atomic E-state index is 0.0110. The quantitative estimate of drug-likeness (QED) is 0.854. The number of amides is 1. The zero-order chi connectivity index (χ0) is 14.3. The maximum absolute atomic E-state index is 12.1. The van der Waals surface area contributed by atoms with Gasteiger partial charge in [0, 0.05) is 12.2 Å². The fraction of sp³-hybridized carbons (Fsp3) is 0.467. The van der Waals surface area contributed by atoms with Crippen molar-refractivity contribution in [2.45, 2.75) is 26.8 Å². The highest BCUT2D eigenvalue weighted by atomic mass is 16.5. The van der Waals surface area contributed by atoms with Crippen LogP contribution in [0.5, 0.6) is 0 Å². The summed E-state index contributed by atoms with van der Waals surface area (Å²) in [5, 5.41) is 11.7. The molecule has 0 bridgehead atoms. The number of benzene rings is 1. The van der Waals surface area contributed by atoms with E-state index in [1.54, 1.807) is 24.3 Å². The van der Waals surface area contributed by atoms with Crippen LogP contribution in [0.2, 0.25) is 0 Å². The van der Waals surface area contributed by atoms with Gasteiger partial charge >= 0.3 is 0 Å². The summed E-state index contributed by atoms with van der Waals surface area (Å²) in [6.45, 7) is 7.16. The van der Waals surface area contributed by atoms with Gasteiger partial charge in [-0.2, -0.15) is 5.26 Å². The minimum atomic E-state index is -0.136. The Morgan fingerprint density at radius 1 is 1.37 bits per heavy atom. The maximum atomic E-state index is 12.1. The van der Waals surface area contributed by atoms with Crippen LogP contribution in [0.4, 0.5) is 0 Å². The summed E-state index contributed by atoms with van der Waals surface area (Å²) in [6.07, 6.45) is 0. The predicted octanol–water partition coefficient (Wildman–Crippen LogP) is 2.35. The summed E-state index contributed by atoms with van der Waals surface area (Å²) in [4.78, 5) is 12.1. The molecule has 1 N–H and O–H groups in total. The lowest BCUT2D eigenvalue weighted by molar-refractivity contribution is 0.0806. The number of hydrogen-bond donors (Lipinski definition) is 1. The number of nitrogens with one attached hydrogen (secondary N) is 1. The van der Waals surface area contributed by atoms with Crippen LogP contribution in [0.3, 0.4) is 0 Å². The fourth-order valence-corrected chi connectivity index (χ4v) is 1.59. The van der Waals surface area contributed by atoms with Gasteiger partial charge in [0.1, 0.15) is 0 Å².